The largest absolute Gasteiger partial charge is 0.481 e. The highest BCUT2D eigenvalue weighted by Gasteiger charge is 2.20. The molecule has 1 heterocycles. The number of aromatic nitrogens is 1. The van der Waals surface area contributed by atoms with Gasteiger partial charge in [-0.2, -0.15) is 0 Å². The lowest BCUT2D eigenvalue weighted by molar-refractivity contribution is -0.146. The fraction of sp³-hybridized carbons (Fsp3) is 0.250. The van der Waals surface area contributed by atoms with Crippen LogP contribution < -0.4 is 5.32 Å². The number of nitrogens with one attached hydrogen (secondary N) is 1. The van der Waals surface area contributed by atoms with Crippen LogP contribution in [-0.2, 0) is 16.1 Å². The molecule has 0 saturated heterocycles. The lowest BCUT2D eigenvalue weighted by Gasteiger charge is -2.12. The molecular formula is C12H12N2O5. The molecule has 0 amide bonds. The molecule has 0 radical (unpaired) electrons. The van der Waals surface area contributed by atoms with Gasteiger partial charge in [-0.3, -0.25) is 14.9 Å². The Morgan fingerprint density at radius 1 is 1.37 bits per heavy atom. The fourth-order valence-corrected chi connectivity index (χ4v) is 1.67. The van der Waals surface area contributed by atoms with E-state index >= 15 is 0 Å². The third-order valence-electron chi connectivity index (χ3n) is 2.63. The molecule has 0 aliphatic heterocycles. The molecule has 0 fully saturated rings. The molecule has 1 unspecified atom stereocenters. The van der Waals surface area contributed by atoms with Gasteiger partial charge in [-0.05, 0) is 17.7 Å². The minimum Gasteiger partial charge on any atom is -0.481 e. The van der Waals surface area contributed by atoms with Crippen LogP contribution >= 0.6 is 0 Å². The molecule has 1 atom stereocenters. The van der Waals surface area contributed by atoms with Gasteiger partial charge in [0, 0.05) is 6.54 Å². The second kappa shape index (κ2) is 5.49. The van der Waals surface area contributed by atoms with Crippen molar-refractivity contribution >= 4 is 23.0 Å². The van der Waals surface area contributed by atoms with Gasteiger partial charge >= 0.3 is 11.9 Å². The van der Waals surface area contributed by atoms with Gasteiger partial charge in [0.1, 0.15) is 11.6 Å². The summed E-state index contributed by atoms with van der Waals surface area (Å²) >= 11 is 0. The minimum absolute atomic E-state index is 0.237. The van der Waals surface area contributed by atoms with Gasteiger partial charge in [0.2, 0.25) is 0 Å². The van der Waals surface area contributed by atoms with E-state index in [1.807, 2.05) is 0 Å². The molecule has 7 nitrogen and oxygen atoms in total. The van der Waals surface area contributed by atoms with Crippen molar-refractivity contribution in [2.24, 2.45) is 0 Å². The number of carbonyl (C=O) groups is 2. The Hall–Kier alpha value is -2.41. The van der Waals surface area contributed by atoms with Crippen LogP contribution in [0.4, 0.5) is 0 Å². The molecule has 0 aliphatic rings. The standard InChI is InChI=1S/C12H12N2O5/c15-11(16)4-9(12(17)18)13-5-7-1-2-8-10(3-7)19-6-14-8/h1-3,6,9,13H,4-5H2,(H,15,16)(H,17,18). The predicted octanol–water partition coefficient (Wildman–Crippen LogP) is 0.845. The molecule has 100 valence electrons. The molecular weight excluding hydrogens is 252 g/mol. The number of aliphatic carboxylic acids is 2. The average molecular weight is 264 g/mol. The highest BCUT2D eigenvalue weighted by atomic mass is 16.4. The van der Waals surface area contributed by atoms with E-state index in [9.17, 15) is 9.59 Å². The van der Waals surface area contributed by atoms with Crippen molar-refractivity contribution in [1.29, 1.82) is 0 Å². The van der Waals surface area contributed by atoms with Gasteiger partial charge in [0.05, 0.1) is 6.42 Å². The third kappa shape index (κ3) is 3.29. The normalized spacial score (nSPS) is 12.4. The number of benzene rings is 1. The zero-order chi connectivity index (χ0) is 13.8. The van der Waals surface area contributed by atoms with E-state index in [4.69, 9.17) is 14.6 Å². The number of rotatable bonds is 6. The van der Waals surface area contributed by atoms with E-state index < -0.39 is 24.4 Å². The first-order valence-corrected chi connectivity index (χ1v) is 5.56. The summed E-state index contributed by atoms with van der Waals surface area (Å²) in [5.41, 5.74) is 2.11. The Morgan fingerprint density at radius 3 is 2.84 bits per heavy atom. The first-order valence-electron chi connectivity index (χ1n) is 5.56. The van der Waals surface area contributed by atoms with E-state index in [-0.39, 0.29) is 6.54 Å². The lowest BCUT2D eigenvalue weighted by atomic mass is 10.1. The number of nitrogens with zero attached hydrogens (tertiary/aromatic N) is 1. The van der Waals surface area contributed by atoms with Crippen molar-refractivity contribution in [1.82, 2.24) is 10.3 Å². The number of hydrogen-bond donors (Lipinski definition) is 3. The van der Waals surface area contributed by atoms with Crippen molar-refractivity contribution in [3.05, 3.63) is 30.2 Å². The van der Waals surface area contributed by atoms with E-state index in [0.717, 1.165) is 5.56 Å². The Balaban J connectivity index is 2.03. The molecule has 0 aliphatic carbocycles. The molecule has 0 spiro atoms. The Morgan fingerprint density at radius 2 is 2.16 bits per heavy atom. The summed E-state index contributed by atoms with van der Waals surface area (Å²) in [5, 5.41) is 20.2. The summed E-state index contributed by atoms with van der Waals surface area (Å²) in [6.45, 7) is 0.237. The van der Waals surface area contributed by atoms with Crippen LogP contribution in [0.15, 0.2) is 29.0 Å². The van der Waals surface area contributed by atoms with E-state index in [1.54, 1.807) is 18.2 Å². The molecule has 0 saturated carbocycles. The third-order valence-corrected chi connectivity index (χ3v) is 2.63. The molecule has 1 aromatic carbocycles. The minimum atomic E-state index is -1.19. The summed E-state index contributed by atoms with van der Waals surface area (Å²) in [6.07, 6.45) is 0.853. The molecule has 2 rings (SSSR count). The lowest BCUT2D eigenvalue weighted by Crippen LogP contribution is -2.38. The summed E-state index contributed by atoms with van der Waals surface area (Å²) in [5.74, 6) is -2.35. The van der Waals surface area contributed by atoms with Crippen molar-refractivity contribution < 1.29 is 24.2 Å². The number of fused-ring (bicyclic) bond motifs is 1. The van der Waals surface area contributed by atoms with Crippen LogP contribution in [0.2, 0.25) is 0 Å². The van der Waals surface area contributed by atoms with E-state index in [2.05, 4.69) is 10.3 Å². The van der Waals surface area contributed by atoms with Gasteiger partial charge in [-0.15, -0.1) is 0 Å². The molecule has 19 heavy (non-hydrogen) atoms. The zero-order valence-corrected chi connectivity index (χ0v) is 9.87. The van der Waals surface area contributed by atoms with Gasteiger partial charge in [-0.1, -0.05) is 6.07 Å². The van der Waals surface area contributed by atoms with Gasteiger partial charge in [0.25, 0.3) is 0 Å². The van der Waals surface area contributed by atoms with Crippen molar-refractivity contribution in [3.8, 4) is 0 Å². The van der Waals surface area contributed by atoms with E-state index in [0.29, 0.717) is 11.1 Å². The first kappa shape index (κ1) is 13.0. The van der Waals surface area contributed by atoms with Gasteiger partial charge in [0.15, 0.2) is 12.0 Å². The summed E-state index contributed by atoms with van der Waals surface area (Å²) in [4.78, 5) is 25.4. The highest BCUT2D eigenvalue weighted by Crippen LogP contribution is 2.14. The molecule has 2 aromatic rings. The van der Waals surface area contributed by atoms with Crippen LogP contribution in [0.25, 0.3) is 11.1 Å². The van der Waals surface area contributed by atoms with Crippen LogP contribution in [-0.4, -0.2) is 33.2 Å². The molecule has 3 N–H and O–H groups in total. The fourth-order valence-electron chi connectivity index (χ4n) is 1.67. The molecule has 7 heteroatoms. The second-order valence-electron chi connectivity index (χ2n) is 4.02. The van der Waals surface area contributed by atoms with Gasteiger partial charge in [-0.25, -0.2) is 4.98 Å². The Bertz CT molecular complexity index is 607. The predicted molar refractivity (Wildman–Crippen MR) is 64.5 cm³/mol. The quantitative estimate of drug-likeness (QED) is 0.708. The number of carboxylic acids is 2. The Labute approximate surface area is 107 Å². The zero-order valence-electron chi connectivity index (χ0n) is 9.87. The van der Waals surface area contributed by atoms with Crippen LogP contribution in [0.1, 0.15) is 12.0 Å². The smallest absolute Gasteiger partial charge is 0.321 e. The maximum Gasteiger partial charge on any atom is 0.321 e. The number of carboxylic acid groups (broad SMARTS) is 2. The maximum absolute atomic E-state index is 10.9. The van der Waals surface area contributed by atoms with Crippen LogP contribution in [0.5, 0.6) is 0 Å². The van der Waals surface area contributed by atoms with Crippen LogP contribution in [0.3, 0.4) is 0 Å². The first-order chi connectivity index (χ1) is 9.06. The summed E-state index contributed by atoms with van der Waals surface area (Å²) in [6, 6.07) is 4.14. The highest BCUT2D eigenvalue weighted by molar-refractivity contribution is 5.80. The SMILES string of the molecule is O=C(O)CC(NCc1ccc2ncoc2c1)C(=O)O. The average Bonchev–Trinajstić information content (AvgIpc) is 2.80. The van der Waals surface area contributed by atoms with Crippen molar-refractivity contribution in [2.75, 3.05) is 0 Å². The molecule has 1 aromatic heterocycles. The topological polar surface area (TPSA) is 113 Å². The van der Waals surface area contributed by atoms with Crippen LogP contribution in [0, 0.1) is 0 Å². The monoisotopic (exact) mass is 264 g/mol. The maximum atomic E-state index is 10.9. The van der Waals surface area contributed by atoms with Crippen molar-refractivity contribution in [3.63, 3.8) is 0 Å². The second-order valence-corrected chi connectivity index (χ2v) is 4.02. The van der Waals surface area contributed by atoms with Gasteiger partial charge < -0.3 is 14.6 Å². The van der Waals surface area contributed by atoms with Crippen molar-refractivity contribution in [2.45, 2.75) is 19.0 Å². The number of oxazole rings is 1. The molecule has 0 bridgehead atoms. The summed E-state index contributed by atoms with van der Waals surface area (Å²) in [7, 11) is 0. The Kier molecular flexibility index (Phi) is 3.76. The number of hydrogen-bond acceptors (Lipinski definition) is 5. The summed E-state index contributed by atoms with van der Waals surface area (Å²) < 4.78 is 5.13. The van der Waals surface area contributed by atoms with E-state index in [1.165, 1.54) is 6.39 Å².